The van der Waals surface area contributed by atoms with E-state index < -0.39 is 5.60 Å². The van der Waals surface area contributed by atoms with Gasteiger partial charge in [-0.2, -0.15) is 0 Å². The summed E-state index contributed by atoms with van der Waals surface area (Å²) in [5.41, 5.74) is 1.28. The highest BCUT2D eigenvalue weighted by atomic mass is 16.6. The lowest BCUT2D eigenvalue weighted by molar-refractivity contribution is -0.157. The molecule has 0 aromatic heterocycles. The molecule has 0 aliphatic heterocycles. The number of hydrogen-bond acceptors (Lipinski definition) is 3. The number of hydrogen-bond donors (Lipinski definition) is 0. The fraction of sp³-hybridized carbons (Fsp3) is 0.364. The Bertz CT molecular complexity index is 744. The van der Waals surface area contributed by atoms with Crippen LogP contribution in [0.3, 0.4) is 0 Å². The number of ketones is 1. The van der Waals surface area contributed by atoms with Crippen molar-refractivity contribution in [2.75, 3.05) is 0 Å². The molecule has 0 unspecified atom stereocenters. The van der Waals surface area contributed by atoms with Gasteiger partial charge in [0.1, 0.15) is 5.60 Å². The minimum Gasteiger partial charge on any atom is -0.460 e. The van der Waals surface area contributed by atoms with E-state index in [1.54, 1.807) is 0 Å². The second-order valence-corrected chi connectivity index (χ2v) is 7.65. The smallest absolute Gasteiger partial charge is 0.310 e. The van der Waals surface area contributed by atoms with Gasteiger partial charge in [-0.05, 0) is 32.3 Å². The summed E-state index contributed by atoms with van der Waals surface area (Å²) in [6, 6.07) is 19.2. The third-order valence-electron chi connectivity index (χ3n) is 4.55. The van der Waals surface area contributed by atoms with Gasteiger partial charge >= 0.3 is 5.97 Å². The topological polar surface area (TPSA) is 43.4 Å². The van der Waals surface area contributed by atoms with Crippen LogP contribution in [0.5, 0.6) is 0 Å². The molecular formula is C22H24O3. The summed E-state index contributed by atoms with van der Waals surface area (Å²) in [7, 11) is 0. The molecule has 0 bridgehead atoms. The first-order valence-electron chi connectivity index (χ1n) is 8.73. The van der Waals surface area contributed by atoms with Gasteiger partial charge < -0.3 is 4.74 Å². The first-order chi connectivity index (χ1) is 11.9. The fourth-order valence-corrected chi connectivity index (χ4v) is 3.40. The average molecular weight is 336 g/mol. The van der Waals surface area contributed by atoms with Crippen LogP contribution in [0.4, 0.5) is 0 Å². The summed E-state index contributed by atoms with van der Waals surface area (Å²) in [6.45, 7) is 5.61. The van der Waals surface area contributed by atoms with Gasteiger partial charge in [0.2, 0.25) is 0 Å². The molecule has 130 valence electrons. The van der Waals surface area contributed by atoms with E-state index in [1.807, 2.05) is 81.4 Å². The van der Waals surface area contributed by atoms with Crippen molar-refractivity contribution in [2.24, 2.45) is 11.8 Å². The van der Waals surface area contributed by atoms with E-state index >= 15 is 0 Å². The van der Waals surface area contributed by atoms with Crippen LogP contribution >= 0.6 is 0 Å². The van der Waals surface area contributed by atoms with E-state index in [1.165, 1.54) is 0 Å². The summed E-state index contributed by atoms with van der Waals surface area (Å²) >= 11 is 0. The van der Waals surface area contributed by atoms with E-state index in [2.05, 4.69) is 0 Å². The lowest BCUT2D eigenvalue weighted by Gasteiger charge is -2.19. The van der Waals surface area contributed by atoms with Crippen LogP contribution in [0.2, 0.25) is 0 Å². The van der Waals surface area contributed by atoms with E-state index in [0.717, 1.165) is 5.56 Å². The number of rotatable bonds is 5. The molecule has 0 N–H and O–H groups in total. The van der Waals surface area contributed by atoms with Gasteiger partial charge in [0, 0.05) is 17.9 Å². The molecule has 3 rings (SSSR count). The summed E-state index contributed by atoms with van der Waals surface area (Å²) in [6.07, 6.45) is 0.369. The molecule has 0 heterocycles. The highest BCUT2D eigenvalue weighted by Gasteiger charge is 2.57. The standard InChI is InChI=1S/C22H24O3/c1-22(2,3)25-21(24)20-17(19(20)16-12-8-5-9-13-16)14-18(23)15-10-6-4-7-11-15/h4-13,17,19-20H,14H2,1-3H3/t17-,19-,20+/m1/s1. The van der Waals surface area contributed by atoms with Gasteiger partial charge in [-0.15, -0.1) is 0 Å². The minimum absolute atomic E-state index is 0.00459. The van der Waals surface area contributed by atoms with Gasteiger partial charge in [0.15, 0.2) is 5.78 Å². The lowest BCUT2D eigenvalue weighted by Crippen LogP contribution is -2.25. The zero-order chi connectivity index (χ0) is 18.0. The van der Waals surface area contributed by atoms with Crippen molar-refractivity contribution in [1.29, 1.82) is 0 Å². The molecule has 1 fully saturated rings. The van der Waals surface area contributed by atoms with Gasteiger partial charge in [-0.25, -0.2) is 0 Å². The van der Waals surface area contributed by atoms with Crippen molar-refractivity contribution < 1.29 is 14.3 Å². The number of ether oxygens (including phenoxy) is 1. The Morgan fingerprint density at radius 2 is 1.48 bits per heavy atom. The van der Waals surface area contributed by atoms with Crippen LogP contribution < -0.4 is 0 Å². The van der Waals surface area contributed by atoms with Crippen molar-refractivity contribution >= 4 is 11.8 Å². The molecular weight excluding hydrogens is 312 g/mol. The van der Waals surface area contributed by atoms with Crippen molar-refractivity contribution in [1.82, 2.24) is 0 Å². The predicted molar refractivity (Wildman–Crippen MR) is 97.4 cm³/mol. The fourth-order valence-electron chi connectivity index (χ4n) is 3.40. The highest BCUT2D eigenvalue weighted by molar-refractivity contribution is 5.97. The Morgan fingerprint density at radius 3 is 2.04 bits per heavy atom. The molecule has 1 aliphatic carbocycles. The Labute approximate surface area is 149 Å². The zero-order valence-corrected chi connectivity index (χ0v) is 14.9. The average Bonchev–Trinajstić information content (AvgIpc) is 3.29. The molecule has 0 amide bonds. The lowest BCUT2D eigenvalue weighted by atomic mass is 10.0. The van der Waals surface area contributed by atoms with Crippen LogP contribution in [0.1, 0.15) is 49.0 Å². The van der Waals surface area contributed by atoms with Crippen LogP contribution in [0.25, 0.3) is 0 Å². The highest BCUT2D eigenvalue weighted by Crippen LogP contribution is 2.57. The largest absolute Gasteiger partial charge is 0.460 e. The zero-order valence-electron chi connectivity index (χ0n) is 14.9. The summed E-state index contributed by atoms with van der Waals surface area (Å²) in [4.78, 5) is 25.2. The number of esters is 1. The molecule has 1 saturated carbocycles. The number of benzene rings is 2. The molecule has 0 radical (unpaired) electrons. The van der Waals surface area contributed by atoms with Crippen LogP contribution in [0, 0.1) is 11.8 Å². The molecule has 3 nitrogen and oxygen atoms in total. The van der Waals surface area contributed by atoms with Gasteiger partial charge in [0.25, 0.3) is 0 Å². The first-order valence-corrected chi connectivity index (χ1v) is 8.73. The van der Waals surface area contributed by atoms with Crippen molar-refractivity contribution in [3.63, 3.8) is 0 Å². The van der Waals surface area contributed by atoms with Gasteiger partial charge in [-0.1, -0.05) is 60.7 Å². The van der Waals surface area contributed by atoms with Crippen LogP contribution in [-0.2, 0) is 9.53 Å². The molecule has 2 aromatic rings. The second kappa shape index (κ2) is 6.83. The monoisotopic (exact) mass is 336 g/mol. The third-order valence-corrected chi connectivity index (χ3v) is 4.55. The number of carbonyl (C=O) groups is 2. The summed E-state index contributed by atoms with van der Waals surface area (Å²) in [5.74, 6) is -0.298. The second-order valence-electron chi connectivity index (χ2n) is 7.65. The predicted octanol–water partition coefficient (Wildman–Crippen LogP) is 4.63. The van der Waals surface area contributed by atoms with Gasteiger partial charge in [-0.3, -0.25) is 9.59 Å². The Morgan fingerprint density at radius 1 is 0.920 bits per heavy atom. The first kappa shape index (κ1) is 17.4. The third kappa shape index (κ3) is 4.16. The number of Topliss-reactive ketones (excluding diaryl/α,β-unsaturated/α-hetero) is 1. The Balaban J connectivity index is 1.77. The maximum Gasteiger partial charge on any atom is 0.310 e. The maximum absolute atomic E-state index is 12.6. The molecule has 25 heavy (non-hydrogen) atoms. The molecule has 0 saturated heterocycles. The molecule has 0 spiro atoms. The van der Waals surface area contributed by atoms with E-state index in [0.29, 0.717) is 12.0 Å². The van der Waals surface area contributed by atoms with Gasteiger partial charge in [0.05, 0.1) is 5.92 Å². The van der Waals surface area contributed by atoms with Crippen molar-refractivity contribution in [3.8, 4) is 0 Å². The molecule has 2 aromatic carbocycles. The Kier molecular flexibility index (Phi) is 4.76. The SMILES string of the molecule is CC(C)(C)OC(=O)[C@H]1[C@H](CC(=O)c2ccccc2)[C@H]1c1ccccc1. The minimum atomic E-state index is -0.519. The normalized spacial score (nSPS) is 22.3. The quantitative estimate of drug-likeness (QED) is 0.590. The van der Waals surface area contributed by atoms with Crippen molar-refractivity contribution in [3.05, 3.63) is 71.8 Å². The summed E-state index contributed by atoms with van der Waals surface area (Å²) < 4.78 is 5.58. The maximum atomic E-state index is 12.6. The molecule has 3 heteroatoms. The molecule has 3 atom stereocenters. The van der Waals surface area contributed by atoms with Crippen LogP contribution in [0.15, 0.2) is 60.7 Å². The summed E-state index contributed by atoms with van der Waals surface area (Å²) in [5, 5.41) is 0. The molecule has 1 aliphatic rings. The van der Waals surface area contributed by atoms with Crippen LogP contribution in [-0.4, -0.2) is 17.4 Å². The van der Waals surface area contributed by atoms with E-state index in [9.17, 15) is 9.59 Å². The van der Waals surface area contributed by atoms with Crippen molar-refractivity contribution in [2.45, 2.75) is 38.7 Å². The van der Waals surface area contributed by atoms with E-state index in [4.69, 9.17) is 4.74 Å². The Hall–Kier alpha value is -2.42. The van der Waals surface area contributed by atoms with E-state index in [-0.39, 0.29) is 29.5 Å². The number of carbonyl (C=O) groups excluding carboxylic acids is 2.